The molecule has 22 heavy (non-hydrogen) atoms. The third-order valence-electron chi connectivity index (χ3n) is 4.22. The van der Waals surface area contributed by atoms with Gasteiger partial charge in [-0.05, 0) is 50.2 Å². The molecule has 4 heteroatoms. The molecule has 1 saturated heterocycles. The van der Waals surface area contributed by atoms with Crippen LogP contribution in [0.25, 0.3) is 0 Å². The summed E-state index contributed by atoms with van der Waals surface area (Å²) in [4.78, 5) is 6.61. The third kappa shape index (κ3) is 5.49. The number of nitrogens with zero attached hydrogens (tertiary/aromatic N) is 2. The molecule has 1 aromatic carbocycles. The SMILES string of the molecule is CCCSc1ccccc1N1CCN(CCCCCN)CC1. The molecule has 1 fully saturated rings. The fourth-order valence-corrected chi connectivity index (χ4v) is 3.87. The second-order valence-electron chi connectivity index (χ2n) is 5.99. The highest BCUT2D eigenvalue weighted by Crippen LogP contribution is 2.31. The molecule has 0 unspecified atom stereocenters. The molecular formula is C18H31N3S. The van der Waals surface area contributed by atoms with Gasteiger partial charge in [-0.3, -0.25) is 4.90 Å². The number of hydrogen-bond acceptors (Lipinski definition) is 4. The van der Waals surface area contributed by atoms with E-state index in [1.165, 1.54) is 61.7 Å². The fraction of sp³-hybridized carbons (Fsp3) is 0.667. The van der Waals surface area contributed by atoms with E-state index in [-0.39, 0.29) is 0 Å². The lowest BCUT2D eigenvalue weighted by Gasteiger charge is -2.37. The van der Waals surface area contributed by atoms with Crippen molar-refractivity contribution in [2.24, 2.45) is 5.73 Å². The van der Waals surface area contributed by atoms with Gasteiger partial charge in [0.1, 0.15) is 0 Å². The molecule has 2 N–H and O–H groups in total. The molecule has 2 rings (SSSR count). The van der Waals surface area contributed by atoms with Crippen LogP contribution in [0.15, 0.2) is 29.2 Å². The minimum atomic E-state index is 0.833. The number of thioether (sulfide) groups is 1. The normalized spacial score (nSPS) is 16.2. The van der Waals surface area contributed by atoms with Gasteiger partial charge in [-0.15, -0.1) is 11.8 Å². The van der Waals surface area contributed by atoms with Crippen LogP contribution >= 0.6 is 11.8 Å². The number of piperazine rings is 1. The van der Waals surface area contributed by atoms with Gasteiger partial charge in [0.15, 0.2) is 0 Å². The van der Waals surface area contributed by atoms with Crippen LogP contribution in [0.4, 0.5) is 5.69 Å². The Kier molecular flexibility index (Phi) is 8.13. The monoisotopic (exact) mass is 321 g/mol. The van der Waals surface area contributed by atoms with Crippen molar-refractivity contribution in [2.45, 2.75) is 37.5 Å². The summed E-state index contributed by atoms with van der Waals surface area (Å²) in [6, 6.07) is 8.89. The average molecular weight is 322 g/mol. The quantitative estimate of drug-likeness (QED) is 0.558. The van der Waals surface area contributed by atoms with E-state index in [4.69, 9.17) is 5.73 Å². The van der Waals surface area contributed by atoms with E-state index in [1.807, 2.05) is 11.8 Å². The molecule has 0 bridgehead atoms. The average Bonchev–Trinajstić information content (AvgIpc) is 2.58. The number of para-hydroxylation sites is 1. The molecule has 1 heterocycles. The Balaban J connectivity index is 1.81. The van der Waals surface area contributed by atoms with E-state index >= 15 is 0 Å². The molecule has 1 aliphatic heterocycles. The van der Waals surface area contributed by atoms with Crippen molar-refractivity contribution in [1.82, 2.24) is 4.90 Å². The van der Waals surface area contributed by atoms with E-state index in [9.17, 15) is 0 Å². The van der Waals surface area contributed by atoms with Crippen molar-refractivity contribution in [3.8, 4) is 0 Å². The first-order valence-electron chi connectivity index (χ1n) is 8.74. The summed E-state index contributed by atoms with van der Waals surface area (Å²) in [5, 5.41) is 0. The van der Waals surface area contributed by atoms with Crippen LogP contribution in [0.3, 0.4) is 0 Å². The lowest BCUT2D eigenvalue weighted by atomic mass is 10.2. The summed E-state index contributed by atoms with van der Waals surface area (Å²) in [5.74, 6) is 1.21. The highest BCUT2D eigenvalue weighted by Gasteiger charge is 2.18. The van der Waals surface area contributed by atoms with Crippen molar-refractivity contribution in [3.63, 3.8) is 0 Å². The first-order valence-corrected chi connectivity index (χ1v) is 9.73. The fourth-order valence-electron chi connectivity index (χ4n) is 2.92. The molecule has 0 radical (unpaired) electrons. The summed E-state index contributed by atoms with van der Waals surface area (Å²) in [5.41, 5.74) is 6.99. The van der Waals surface area contributed by atoms with Gasteiger partial charge in [-0.1, -0.05) is 25.5 Å². The topological polar surface area (TPSA) is 32.5 Å². The molecular weight excluding hydrogens is 290 g/mol. The first-order chi connectivity index (χ1) is 10.8. The second-order valence-corrected chi connectivity index (χ2v) is 7.13. The van der Waals surface area contributed by atoms with Crippen molar-refractivity contribution in [3.05, 3.63) is 24.3 Å². The van der Waals surface area contributed by atoms with E-state index in [0.717, 1.165) is 19.6 Å². The van der Waals surface area contributed by atoms with Gasteiger partial charge in [0.05, 0.1) is 5.69 Å². The van der Waals surface area contributed by atoms with Crippen LogP contribution in [0.5, 0.6) is 0 Å². The van der Waals surface area contributed by atoms with Gasteiger partial charge in [0, 0.05) is 31.1 Å². The predicted octanol–water partition coefficient (Wildman–Crippen LogP) is 3.44. The minimum Gasteiger partial charge on any atom is -0.368 e. The molecule has 0 aromatic heterocycles. The third-order valence-corrected chi connectivity index (χ3v) is 5.49. The minimum absolute atomic E-state index is 0.833. The van der Waals surface area contributed by atoms with Gasteiger partial charge >= 0.3 is 0 Å². The molecule has 3 nitrogen and oxygen atoms in total. The van der Waals surface area contributed by atoms with Crippen LogP contribution in [-0.4, -0.2) is 49.9 Å². The summed E-state index contributed by atoms with van der Waals surface area (Å²) < 4.78 is 0. The van der Waals surface area contributed by atoms with E-state index in [1.54, 1.807) is 0 Å². The van der Waals surface area contributed by atoms with Gasteiger partial charge in [-0.25, -0.2) is 0 Å². The number of benzene rings is 1. The molecule has 0 spiro atoms. The Bertz CT molecular complexity index is 417. The largest absolute Gasteiger partial charge is 0.368 e. The molecule has 1 aromatic rings. The smallest absolute Gasteiger partial charge is 0.0505 e. The highest BCUT2D eigenvalue weighted by molar-refractivity contribution is 7.99. The molecule has 0 atom stereocenters. The predicted molar refractivity (Wildman–Crippen MR) is 99.0 cm³/mol. The Morgan fingerprint density at radius 2 is 1.82 bits per heavy atom. The van der Waals surface area contributed by atoms with E-state index in [0.29, 0.717) is 0 Å². The van der Waals surface area contributed by atoms with Gasteiger partial charge < -0.3 is 10.6 Å². The van der Waals surface area contributed by atoms with E-state index in [2.05, 4.69) is 41.0 Å². The van der Waals surface area contributed by atoms with Crippen molar-refractivity contribution < 1.29 is 0 Å². The maximum atomic E-state index is 5.56. The van der Waals surface area contributed by atoms with Crippen LogP contribution in [0.1, 0.15) is 32.6 Å². The van der Waals surface area contributed by atoms with Crippen LogP contribution in [-0.2, 0) is 0 Å². The number of rotatable bonds is 9. The Hall–Kier alpha value is -0.710. The van der Waals surface area contributed by atoms with E-state index < -0.39 is 0 Å². The highest BCUT2D eigenvalue weighted by atomic mass is 32.2. The van der Waals surface area contributed by atoms with Crippen LogP contribution in [0.2, 0.25) is 0 Å². The number of hydrogen-bond donors (Lipinski definition) is 1. The standard InChI is InChI=1S/C18H31N3S/c1-2-16-22-18-9-5-4-8-17(18)21-14-12-20(13-15-21)11-7-3-6-10-19/h4-5,8-9H,2-3,6-7,10-16,19H2,1H3. The van der Waals surface area contributed by atoms with Crippen LogP contribution in [0, 0.1) is 0 Å². The summed E-state index contributed by atoms with van der Waals surface area (Å²) in [6.45, 7) is 9.01. The van der Waals surface area contributed by atoms with Crippen LogP contribution < -0.4 is 10.6 Å². The molecule has 0 aliphatic carbocycles. The Labute approximate surface area is 140 Å². The second kappa shape index (κ2) is 10.1. The molecule has 1 aliphatic rings. The zero-order valence-electron chi connectivity index (χ0n) is 14.0. The Morgan fingerprint density at radius 1 is 1.05 bits per heavy atom. The number of nitrogens with two attached hydrogens (primary N) is 1. The Morgan fingerprint density at radius 3 is 2.55 bits per heavy atom. The number of anilines is 1. The zero-order valence-corrected chi connectivity index (χ0v) is 14.8. The summed E-state index contributed by atoms with van der Waals surface area (Å²) in [7, 11) is 0. The lowest BCUT2D eigenvalue weighted by Crippen LogP contribution is -2.46. The maximum Gasteiger partial charge on any atom is 0.0505 e. The first kappa shape index (κ1) is 17.6. The van der Waals surface area contributed by atoms with Crippen molar-refractivity contribution in [2.75, 3.05) is 49.9 Å². The van der Waals surface area contributed by atoms with Crippen molar-refractivity contribution in [1.29, 1.82) is 0 Å². The zero-order chi connectivity index (χ0) is 15.6. The lowest BCUT2D eigenvalue weighted by molar-refractivity contribution is 0.252. The molecule has 124 valence electrons. The van der Waals surface area contributed by atoms with Crippen molar-refractivity contribution >= 4 is 17.4 Å². The summed E-state index contributed by atoms with van der Waals surface area (Å²) in [6.07, 6.45) is 4.96. The molecule has 0 amide bonds. The summed E-state index contributed by atoms with van der Waals surface area (Å²) >= 11 is 1.99. The number of unbranched alkanes of at least 4 members (excludes halogenated alkanes) is 2. The van der Waals surface area contributed by atoms with Gasteiger partial charge in [0.2, 0.25) is 0 Å². The maximum absolute atomic E-state index is 5.56. The van der Waals surface area contributed by atoms with Gasteiger partial charge in [-0.2, -0.15) is 0 Å². The van der Waals surface area contributed by atoms with Gasteiger partial charge in [0.25, 0.3) is 0 Å². The molecule has 0 saturated carbocycles.